The summed E-state index contributed by atoms with van der Waals surface area (Å²) in [4.78, 5) is 19.3. The summed E-state index contributed by atoms with van der Waals surface area (Å²) in [7, 11) is 0. The van der Waals surface area contributed by atoms with Gasteiger partial charge < -0.3 is 10.2 Å². The Bertz CT molecular complexity index is 790. The molecule has 0 saturated carbocycles. The average Bonchev–Trinajstić information content (AvgIpc) is 2.67. The first kappa shape index (κ1) is 20.5. The number of halogens is 1. The molecule has 0 unspecified atom stereocenters. The fraction of sp³-hybridized carbons (Fsp3) is 0.478. The summed E-state index contributed by atoms with van der Waals surface area (Å²) in [5.74, 6) is -0.388. The lowest BCUT2D eigenvalue weighted by Gasteiger charge is -2.34. The number of carbonyl (C=O) groups excluding carboxylic acids is 1. The van der Waals surface area contributed by atoms with Crippen molar-refractivity contribution in [3.8, 4) is 11.3 Å². The molecular weight excluding hydrogens is 353 g/mol. The molecular formula is C23H30FN3O. The summed E-state index contributed by atoms with van der Waals surface area (Å²) in [6.45, 7) is 9.99. The minimum atomic E-state index is -0.296. The van der Waals surface area contributed by atoms with Gasteiger partial charge in [-0.3, -0.25) is 9.78 Å². The van der Waals surface area contributed by atoms with E-state index < -0.39 is 0 Å². The molecule has 1 aromatic carbocycles. The Labute approximate surface area is 167 Å². The Balaban J connectivity index is 1.50. The van der Waals surface area contributed by atoms with Crippen LogP contribution >= 0.6 is 0 Å². The summed E-state index contributed by atoms with van der Waals surface area (Å²) in [5, 5.41) is 3.13. The number of amides is 1. The minimum absolute atomic E-state index is 0.0913. The Hall–Kier alpha value is -2.27. The fourth-order valence-electron chi connectivity index (χ4n) is 3.41. The first-order chi connectivity index (χ1) is 13.3. The normalized spacial score (nSPS) is 16.1. The van der Waals surface area contributed by atoms with Gasteiger partial charge in [0.2, 0.25) is 0 Å². The summed E-state index contributed by atoms with van der Waals surface area (Å²) >= 11 is 0. The van der Waals surface area contributed by atoms with E-state index in [9.17, 15) is 9.18 Å². The molecule has 3 rings (SSSR count). The first-order valence-electron chi connectivity index (χ1n) is 10.1. The molecule has 1 aliphatic rings. The number of pyridine rings is 1. The highest BCUT2D eigenvalue weighted by molar-refractivity contribution is 5.94. The number of hydrogen-bond acceptors (Lipinski definition) is 3. The van der Waals surface area contributed by atoms with Crippen LogP contribution < -0.4 is 5.32 Å². The second-order valence-corrected chi connectivity index (χ2v) is 8.84. The van der Waals surface area contributed by atoms with E-state index in [1.807, 2.05) is 0 Å². The van der Waals surface area contributed by atoms with Crippen molar-refractivity contribution >= 4 is 5.91 Å². The maximum atomic E-state index is 13.4. The maximum absolute atomic E-state index is 13.4. The molecule has 5 heteroatoms. The van der Waals surface area contributed by atoms with Crippen molar-refractivity contribution in [2.24, 2.45) is 5.41 Å². The van der Waals surface area contributed by atoms with E-state index >= 15 is 0 Å². The first-order valence-corrected chi connectivity index (χ1v) is 10.1. The molecule has 1 aromatic heterocycles. The molecule has 1 aliphatic heterocycles. The van der Waals surface area contributed by atoms with Gasteiger partial charge in [0, 0.05) is 30.9 Å². The average molecular weight is 384 g/mol. The van der Waals surface area contributed by atoms with Crippen molar-refractivity contribution in [3.05, 3.63) is 54.0 Å². The molecule has 0 bridgehead atoms. The maximum Gasteiger partial charge on any atom is 0.253 e. The Morgan fingerprint density at radius 2 is 1.96 bits per heavy atom. The van der Waals surface area contributed by atoms with Gasteiger partial charge in [0.25, 0.3) is 5.91 Å². The van der Waals surface area contributed by atoms with E-state index in [4.69, 9.17) is 0 Å². The minimum Gasteiger partial charge on any atom is -0.349 e. The zero-order valence-corrected chi connectivity index (χ0v) is 17.0. The zero-order chi connectivity index (χ0) is 20.1. The van der Waals surface area contributed by atoms with Crippen molar-refractivity contribution in [1.29, 1.82) is 0 Å². The van der Waals surface area contributed by atoms with E-state index in [-0.39, 0.29) is 17.8 Å². The summed E-state index contributed by atoms with van der Waals surface area (Å²) in [6.07, 6.45) is 4.71. The molecule has 28 heavy (non-hydrogen) atoms. The van der Waals surface area contributed by atoms with Gasteiger partial charge in [-0.15, -0.1) is 0 Å². The lowest BCUT2D eigenvalue weighted by Crippen LogP contribution is -2.45. The third-order valence-corrected chi connectivity index (χ3v) is 5.25. The highest BCUT2D eigenvalue weighted by Crippen LogP contribution is 2.21. The van der Waals surface area contributed by atoms with Gasteiger partial charge in [-0.1, -0.05) is 32.9 Å². The number of carbonyl (C=O) groups is 1. The van der Waals surface area contributed by atoms with Crippen LogP contribution in [0.3, 0.4) is 0 Å². The van der Waals surface area contributed by atoms with Gasteiger partial charge in [0.15, 0.2) is 0 Å². The molecule has 150 valence electrons. The van der Waals surface area contributed by atoms with Crippen LogP contribution in [-0.4, -0.2) is 41.5 Å². The van der Waals surface area contributed by atoms with Crippen LogP contribution in [0.1, 0.15) is 50.4 Å². The Kier molecular flexibility index (Phi) is 6.45. The van der Waals surface area contributed by atoms with E-state index in [2.05, 4.69) is 36.0 Å². The Morgan fingerprint density at radius 1 is 1.21 bits per heavy atom. The predicted molar refractivity (Wildman–Crippen MR) is 111 cm³/mol. The highest BCUT2D eigenvalue weighted by atomic mass is 19.1. The molecule has 1 saturated heterocycles. The number of nitrogens with one attached hydrogen (secondary N) is 1. The molecule has 0 radical (unpaired) electrons. The molecule has 2 heterocycles. The van der Waals surface area contributed by atoms with E-state index in [0.29, 0.717) is 22.2 Å². The van der Waals surface area contributed by atoms with Crippen molar-refractivity contribution in [2.45, 2.75) is 46.1 Å². The molecule has 0 spiro atoms. The van der Waals surface area contributed by atoms with Crippen LogP contribution in [-0.2, 0) is 0 Å². The van der Waals surface area contributed by atoms with E-state index in [1.54, 1.807) is 30.5 Å². The summed E-state index contributed by atoms with van der Waals surface area (Å²) in [6, 6.07) is 10.0. The summed E-state index contributed by atoms with van der Waals surface area (Å²) < 4.78 is 13.4. The van der Waals surface area contributed by atoms with E-state index in [0.717, 1.165) is 32.5 Å². The fourth-order valence-corrected chi connectivity index (χ4v) is 3.41. The number of hydrogen-bond donors (Lipinski definition) is 1. The SMILES string of the molecule is CC(C)(C)CCN1CCC(NC(=O)c2ccc(-c3cccc(F)c3)nc2)CC1. The van der Waals surface area contributed by atoms with Gasteiger partial charge in [0.05, 0.1) is 11.3 Å². The van der Waals surface area contributed by atoms with E-state index in [1.165, 1.54) is 18.6 Å². The number of aromatic nitrogens is 1. The Morgan fingerprint density at radius 3 is 2.57 bits per heavy atom. The van der Waals surface area contributed by atoms with Gasteiger partial charge in [0.1, 0.15) is 5.82 Å². The summed E-state index contributed by atoms with van der Waals surface area (Å²) in [5.41, 5.74) is 2.25. The predicted octanol–water partition coefficient (Wildman–Crippen LogP) is 4.52. The van der Waals surface area contributed by atoms with Crippen LogP contribution in [0.25, 0.3) is 11.3 Å². The van der Waals surface area contributed by atoms with Gasteiger partial charge in [-0.05, 0) is 55.5 Å². The topological polar surface area (TPSA) is 45.2 Å². The second kappa shape index (κ2) is 8.82. The smallest absolute Gasteiger partial charge is 0.253 e. The number of likely N-dealkylation sites (tertiary alicyclic amines) is 1. The number of rotatable bonds is 5. The number of nitrogens with zero attached hydrogens (tertiary/aromatic N) is 2. The molecule has 4 nitrogen and oxygen atoms in total. The molecule has 2 aromatic rings. The van der Waals surface area contributed by atoms with Crippen molar-refractivity contribution in [3.63, 3.8) is 0 Å². The largest absolute Gasteiger partial charge is 0.349 e. The molecule has 1 fully saturated rings. The van der Waals surface area contributed by atoms with Crippen molar-refractivity contribution in [2.75, 3.05) is 19.6 Å². The molecule has 0 atom stereocenters. The quantitative estimate of drug-likeness (QED) is 0.826. The second-order valence-electron chi connectivity index (χ2n) is 8.84. The van der Waals surface area contributed by atoms with Gasteiger partial charge in [-0.2, -0.15) is 0 Å². The number of benzene rings is 1. The lowest BCUT2D eigenvalue weighted by molar-refractivity contribution is 0.0907. The zero-order valence-electron chi connectivity index (χ0n) is 17.0. The molecule has 0 aliphatic carbocycles. The van der Waals surface area contributed by atoms with Gasteiger partial charge in [-0.25, -0.2) is 4.39 Å². The van der Waals surface area contributed by atoms with Crippen LogP contribution in [0.4, 0.5) is 4.39 Å². The molecule has 1 amide bonds. The third-order valence-electron chi connectivity index (χ3n) is 5.25. The van der Waals surface area contributed by atoms with Crippen LogP contribution in [0.2, 0.25) is 0 Å². The highest BCUT2D eigenvalue weighted by Gasteiger charge is 2.22. The third kappa shape index (κ3) is 5.86. The van der Waals surface area contributed by atoms with Crippen molar-refractivity contribution < 1.29 is 9.18 Å². The van der Waals surface area contributed by atoms with Crippen LogP contribution in [0.15, 0.2) is 42.6 Å². The standard InChI is InChI=1S/C23H30FN3O/c1-23(2,3)11-14-27-12-9-20(10-13-27)26-22(28)18-7-8-21(25-16-18)17-5-4-6-19(24)15-17/h4-8,15-16,20H,9-14H2,1-3H3,(H,26,28). The monoisotopic (exact) mass is 383 g/mol. The molecule has 1 N–H and O–H groups in total. The van der Waals surface area contributed by atoms with Crippen LogP contribution in [0.5, 0.6) is 0 Å². The van der Waals surface area contributed by atoms with Gasteiger partial charge >= 0.3 is 0 Å². The lowest BCUT2D eigenvalue weighted by atomic mass is 9.91. The van der Waals surface area contributed by atoms with Crippen molar-refractivity contribution in [1.82, 2.24) is 15.2 Å². The number of piperidine rings is 1. The van der Waals surface area contributed by atoms with Crippen LogP contribution in [0, 0.1) is 11.2 Å².